The molecule has 4 aromatic rings. The third-order valence-electron chi connectivity index (χ3n) is 7.56. The molecule has 0 saturated heterocycles. The van der Waals surface area contributed by atoms with Crippen LogP contribution < -0.4 is 0 Å². The van der Waals surface area contributed by atoms with Crippen molar-refractivity contribution >= 4 is 5.91 Å². The summed E-state index contributed by atoms with van der Waals surface area (Å²) >= 11 is 0. The van der Waals surface area contributed by atoms with Gasteiger partial charge in [-0.1, -0.05) is 6.07 Å². The number of imidazole rings is 2. The lowest BCUT2D eigenvalue weighted by Crippen LogP contribution is -2.41. The van der Waals surface area contributed by atoms with Crippen molar-refractivity contribution in [3.05, 3.63) is 59.4 Å². The number of hydrogen-bond acceptors (Lipinski definition) is 6. The summed E-state index contributed by atoms with van der Waals surface area (Å²) in [6, 6.07) is 10.1. The number of amides is 1. The standard InChI is InChI=1S/C27H27N7O2/c1-15-4-2-5-19(29-15)24-25(34-9-3-6-23(34)32-24)16-7-8-28-20(12-16)26-30-21-13-33(14-22(21)31-26)27(36)17-10-18(35)11-17/h2,4-5,7-8,12,17-18,35H,3,6,9-11,13-14H2,1H3,(H,30,31). The lowest BCUT2D eigenvalue weighted by atomic mass is 9.81. The molecule has 9 nitrogen and oxygen atoms in total. The Kier molecular flexibility index (Phi) is 4.82. The van der Waals surface area contributed by atoms with Gasteiger partial charge in [-0.3, -0.25) is 14.8 Å². The van der Waals surface area contributed by atoms with Crippen LogP contribution in [0.1, 0.15) is 42.2 Å². The Labute approximate surface area is 208 Å². The number of rotatable bonds is 4. The number of carbonyl (C=O) groups is 1. The third kappa shape index (κ3) is 3.45. The highest BCUT2D eigenvalue weighted by molar-refractivity contribution is 5.81. The molecule has 0 bridgehead atoms. The van der Waals surface area contributed by atoms with E-state index in [1.807, 2.05) is 42.3 Å². The number of aryl methyl sites for hydroxylation is 2. The summed E-state index contributed by atoms with van der Waals surface area (Å²) in [5.74, 6) is 1.86. The summed E-state index contributed by atoms with van der Waals surface area (Å²) in [7, 11) is 0. The first kappa shape index (κ1) is 21.4. The lowest BCUT2D eigenvalue weighted by molar-refractivity contribution is -0.143. The molecule has 1 aliphatic carbocycles. The number of aliphatic hydroxyl groups excluding tert-OH is 1. The van der Waals surface area contributed by atoms with Crippen LogP contribution in [0.2, 0.25) is 0 Å². The number of aromatic amines is 1. The largest absolute Gasteiger partial charge is 0.393 e. The van der Waals surface area contributed by atoms with Crippen LogP contribution in [0.5, 0.6) is 0 Å². The second kappa shape index (κ2) is 8.09. The van der Waals surface area contributed by atoms with Crippen LogP contribution in [0.25, 0.3) is 34.2 Å². The van der Waals surface area contributed by atoms with Crippen LogP contribution in [0.4, 0.5) is 0 Å². The SMILES string of the molecule is Cc1cccc(-c2nc3n(c2-c2ccnc(-c4nc5c([nH]4)CN(C(=O)C4CC(O)C4)C5)c2)CCC3)n1. The summed E-state index contributed by atoms with van der Waals surface area (Å²) in [6.45, 7) is 3.96. The van der Waals surface area contributed by atoms with Crippen molar-refractivity contribution < 1.29 is 9.90 Å². The molecule has 3 aliphatic rings. The quantitative estimate of drug-likeness (QED) is 0.463. The molecular weight excluding hydrogens is 454 g/mol. The Morgan fingerprint density at radius 2 is 2.00 bits per heavy atom. The van der Waals surface area contributed by atoms with Gasteiger partial charge in [0.05, 0.1) is 42.0 Å². The number of H-pyrrole nitrogens is 1. The Morgan fingerprint density at radius 3 is 2.81 bits per heavy atom. The molecule has 0 radical (unpaired) electrons. The van der Waals surface area contributed by atoms with Crippen molar-refractivity contribution in [3.63, 3.8) is 0 Å². The fourth-order valence-corrected chi connectivity index (χ4v) is 5.64. The highest BCUT2D eigenvalue weighted by Gasteiger charge is 2.38. The van der Waals surface area contributed by atoms with E-state index in [-0.39, 0.29) is 17.9 Å². The molecule has 2 aliphatic heterocycles. The zero-order valence-electron chi connectivity index (χ0n) is 20.1. The monoisotopic (exact) mass is 481 g/mol. The number of nitrogens with one attached hydrogen (secondary N) is 1. The van der Waals surface area contributed by atoms with E-state index >= 15 is 0 Å². The maximum atomic E-state index is 12.7. The molecule has 2 N–H and O–H groups in total. The van der Waals surface area contributed by atoms with Crippen LogP contribution in [0.15, 0.2) is 36.5 Å². The van der Waals surface area contributed by atoms with Crippen molar-refractivity contribution in [2.24, 2.45) is 5.92 Å². The van der Waals surface area contributed by atoms with E-state index in [2.05, 4.69) is 20.6 Å². The second-order valence-electron chi connectivity index (χ2n) is 10.1. The lowest BCUT2D eigenvalue weighted by Gasteiger charge is -2.33. The Morgan fingerprint density at radius 1 is 1.11 bits per heavy atom. The number of hydrogen-bond donors (Lipinski definition) is 2. The molecule has 1 saturated carbocycles. The Balaban J connectivity index is 1.20. The summed E-state index contributed by atoms with van der Waals surface area (Å²) in [5.41, 5.74) is 7.47. The van der Waals surface area contributed by atoms with Crippen molar-refractivity contribution in [1.29, 1.82) is 0 Å². The number of fused-ring (bicyclic) bond motifs is 2. The maximum absolute atomic E-state index is 12.7. The number of aromatic nitrogens is 6. The average Bonchev–Trinajstić information content (AvgIpc) is 3.61. The highest BCUT2D eigenvalue weighted by atomic mass is 16.3. The zero-order chi connectivity index (χ0) is 24.4. The molecular formula is C27H27N7O2. The first-order chi connectivity index (χ1) is 17.5. The van der Waals surface area contributed by atoms with Crippen molar-refractivity contribution in [3.8, 4) is 34.2 Å². The molecule has 4 aromatic heterocycles. The van der Waals surface area contributed by atoms with E-state index in [4.69, 9.17) is 15.0 Å². The minimum absolute atomic E-state index is 0.0590. The zero-order valence-corrected chi connectivity index (χ0v) is 20.1. The van der Waals surface area contributed by atoms with Crippen LogP contribution in [0.3, 0.4) is 0 Å². The van der Waals surface area contributed by atoms with Gasteiger partial charge >= 0.3 is 0 Å². The fourth-order valence-electron chi connectivity index (χ4n) is 5.64. The van der Waals surface area contributed by atoms with Gasteiger partial charge in [0.2, 0.25) is 5.91 Å². The van der Waals surface area contributed by atoms with E-state index in [1.54, 1.807) is 0 Å². The fraction of sp³-hybridized carbons (Fsp3) is 0.370. The van der Waals surface area contributed by atoms with Gasteiger partial charge in [-0.2, -0.15) is 0 Å². The average molecular weight is 482 g/mol. The van der Waals surface area contributed by atoms with Crippen LogP contribution in [0, 0.1) is 12.8 Å². The molecule has 0 unspecified atom stereocenters. The summed E-state index contributed by atoms with van der Waals surface area (Å²) in [4.78, 5) is 37.1. The second-order valence-corrected chi connectivity index (χ2v) is 10.1. The minimum atomic E-state index is -0.332. The smallest absolute Gasteiger partial charge is 0.226 e. The Hall–Kier alpha value is -3.85. The van der Waals surface area contributed by atoms with Crippen LogP contribution in [-0.4, -0.2) is 51.5 Å². The van der Waals surface area contributed by atoms with Gasteiger partial charge in [-0.05, 0) is 50.5 Å². The maximum Gasteiger partial charge on any atom is 0.226 e. The van der Waals surface area contributed by atoms with Crippen molar-refractivity contribution in [1.82, 2.24) is 34.4 Å². The highest BCUT2D eigenvalue weighted by Crippen LogP contribution is 2.37. The van der Waals surface area contributed by atoms with Crippen molar-refractivity contribution in [2.75, 3.05) is 0 Å². The molecule has 0 aromatic carbocycles. The Bertz CT molecular complexity index is 1470. The summed E-state index contributed by atoms with van der Waals surface area (Å²) < 4.78 is 2.31. The topological polar surface area (TPSA) is 113 Å². The van der Waals surface area contributed by atoms with E-state index in [0.29, 0.717) is 31.8 Å². The van der Waals surface area contributed by atoms with E-state index in [9.17, 15) is 9.90 Å². The first-order valence-corrected chi connectivity index (χ1v) is 12.6. The predicted octanol–water partition coefficient (Wildman–Crippen LogP) is 3.26. The van der Waals surface area contributed by atoms with Crippen molar-refractivity contribution in [2.45, 2.75) is 58.3 Å². The first-order valence-electron chi connectivity index (χ1n) is 12.6. The molecule has 0 atom stereocenters. The van der Waals surface area contributed by atoms with Gasteiger partial charge in [0, 0.05) is 36.3 Å². The number of pyridine rings is 2. The minimum Gasteiger partial charge on any atom is -0.393 e. The summed E-state index contributed by atoms with van der Waals surface area (Å²) in [5, 5.41) is 9.54. The molecule has 1 fully saturated rings. The molecule has 36 heavy (non-hydrogen) atoms. The third-order valence-corrected chi connectivity index (χ3v) is 7.56. The van der Waals surface area contributed by atoms with Gasteiger partial charge < -0.3 is 19.6 Å². The van der Waals surface area contributed by atoms with Crippen LogP contribution in [-0.2, 0) is 30.8 Å². The molecule has 6 heterocycles. The van der Waals surface area contributed by atoms with Gasteiger partial charge in [-0.15, -0.1) is 0 Å². The molecule has 7 rings (SSSR count). The van der Waals surface area contributed by atoms with Gasteiger partial charge in [0.25, 0.3) is 0 Å². The van der Waals surface area contributed by atoms with E-state index < -0.39 is 0 Å². The summed E-state index contributed by atoms with van der Waals surface area (Å²) in [6.07, 6.45) is 4.68. The molecule has 0 spiro atoms. The van der Waals surface area contributed by atoms with Gasteiger partial charge in [0.15, 0.2) is 5.82 Å². The van der Waals surface area contributed by atoms with Crippen LogP contribution >= 0.6 is 0 Å². The molecule has 9 heteroatoms. The predicted molar refractivity (Wildman–Crippen MR) is 132 cm³/mol. The number of nitrogens with zero attached hydrogens (tertiary/aromatic N) is 6. The molecule has 1 amide bonds. The number of aliphatic hydroxyl groups is 1. The van der Waals surface area contributed by atoms with E-state index in [1.165, 1.54) is 0 Å². The van der Waals surface area contributed by atoms with Gasteiger partial charge in [0.1, 0.15) is 17.2 Å². The molecule has 182 valence electrons. The number of carbonyl (C=O) groups excluding carboxylic acids is 1. The van der Waals surface area contributed by atoms with Gasteiger partial charge in [-0.25, -0.2) is 9.97 Å². The normalized spacial score (nSPS) is 20.3. The van der Waals surface area contributed by atoms with E-state index in [0.717, 1.165) is 70.6 Å².